The van der Waals surface area contributed by atoms with Crippen LogP contribution in [0.25, 0.3) is 22.0 Å². The normalized spacial score (nSPS) is 12.8. The number of nitrogens with one attached hydrogen (secondary N) is 3. The van der Waals surface area contributed by atoms with Crippen molar-refractivity contribution < 1.29 is 23.7 Å². The molecule has 1 aromatic heterocycles. The van der Waals surface area contributed by atoms with Crippen LogP contribution in [0, 0.1) is 0 Å². The topological polar surface area (TPSA) is 138 Å². The van der Waals surface area contributed by atoms with Crippen LogP contribution in [0.5, 0.6) is 23.0 Å². The Balaban J connectivity index is 0.00000423. The van der Waals surface area contributed by atoms with E-state index in [4.69, 9.17) is 24.7 Å². The van der Waals surface area contributed by atoms with Gasteiger partial charge in [0.1, 0.15) is 0 Å². The molecule has 0 atom stereocenters. The summed E-state index contributed by atoms with van der Waals surface area (Å²) in [6.45, 7) is 6.84. The van der Waals surface area contributed by atoms with Crippen molar-refractivity contribution in [1.82, 2.24) is 20.5 Å². The van der Waals surface area contributed by atoms with Crippen LogP contribution >= 0.6 is 12.4 Å². The van der Waals surface area contributed by atoms with Crippen molar-refractivity contribution in [2.45, 2.75) is 32.2 Å². The number of methoxy groups -OCH3 is 2. The number of ketones is 1. The predicted molar refractivity (Wildman–Crippen MR) is 170 cm³/mol. The quantitative estimate of drug-likeness (QED) is 0.131. The van der Waals surface area contributed by atoms with Gasteiger partial charge in [-0.15, -0.1) is 12.4 Å². The van der Waals surface area contributed by atoms with Gasteiger partial charge >= 0.3 is 0 Å². The summed E-state index contributed by atoms with van der Waals surface area (Å²) < 4.78 is 23.8. The Hall–Kier alpha value is -3.35. The molecular formula is C31H42ClN5O6. The van der Waals surface area contributed by atoms with Crippen LogP contribution in [0.1, 0.15) is 41.6 Å². The third-order valence-electron chi connectivity index (χ3n) is 7.72. The minimum absolute atomic E-state index is 0. The molecule has 0 fully saturated rings. The average Bonchev–Trinajstić information content (AvgIpc) is 3.58. The van der Waals surface area contributed by atoms with Crippen LogP contribution in [0.3, 0.4) is 0 Å². The summed E-state index contributed by atoms with van der Waals surface area (Å²) in [7, 11) is 3.06. The smallest absolute Gasteiger partial charge is 0.259 e. The van der Waals surface area contributed by atoms with Gasteiger partial charge in [-0.25, -0.2) is 0 Å². The van der Waals surface area contributed by atoms with Crippen molar-refractivity contribution in [2.24, 2.45) is 5.73 Å². The van der Waals surface area contributed by atoms with Crippen LogP contribution < -0.4 is 46.2 Å². The highest BCUT2D eigenvalue weighted by atomic mass is 35.5. The maximum absolute atomic E-state index is 13.9. The van der Waals surface area contributed by atoms with Crippen LogP contribution in [-0.4, -0.2) is 77.2 Å². The summed E-state index contributed by atoms with van der Waals surface area (Å²) in [4.78, 5) is 27.7. The summed E-state index contributed by atoms with van der Waals surface area (Å²) in [5.41, 5.74) is 7.60. The Morgan fingerprint density at radius 3 is 1.88 bits per heavy atom. The average molecular weight is 616 g/mol. The molecule has 2 aliphatic rings. The maximum atomic E-state index is 13.9. The number of carbonyl (C=O) groups excluding carboxylic acids is 1. The molecule has 11 nitrogen and oxygen atoms in total. The second-order valence-electron chi connectivity index (χ2n) is 10.5. The summed E-state index contributed by atoms with van der Waals surface area (Å²) in [6, 6.07) is 6.91. The fourth-order valence-electron chi connectivity index (χ4n) is 5.60. The molecule has 5 rings (SSSR count). The highest BCUT2D eigenvalue weighted by Gasteiger charge is 2.35. The highest BCUT2D eigenvalue weighted by Crippen LogP contribution is 2.46. The second-order valence-corrected chi connectivity index (χ2v) is 10.5. The number of nitrogens with two attached hydrogens (primary N) is 1. The molecule has 1 aliphatic heterocycles. The molecule has 1 aliphatic carbocycles. The number of hydrogen-bond donors (Lipinski definition) is 4. The number of halogens is 1. The first-order valence-corrected chi connectivity index (χ1v) is 14.7. The number of carbonyl (C=O) groups is 1. The fraction of sp³-hybridized carbons (Fsp3) is 0.484. The van der Waals surface area contributed by atoms with Crippen molar-refractivity contribution in [3.63, 3.8) is 0 Å². The van der Waals surface area contributed by atoms with Gasteiger partial charge in [-0.2, -0.15) is 0 Å². The molecule has 0 radical (unpaired) electrons. The first kappa shape index (κ1) is 32.6. The van der Waals surface area contributed by atoms with Crippen molar-refractivity contribution in [1.29, 1.82) is 0 Å². The molecule has 234 valence electrons. The maximum Gasteiger partial charge on any atom is 0.259 e. The fourth-order valence-corrected chi connectivity index (χ4v) is 5.60. The summed E-state index contributed by atoms with van der Waals surface area (Å²) in [6.07, 6.45) is 3.84. The Morgan fingerprint density at radius 1 is 0.767 bits per heavy atom. The first-order valence-electron chi connectivity index (χ1n) is 14.7. The number of hydrogen-bond acceptors (Lipinski definition) is 10. The third kappa shape index (κ3) is 6.91. The third-order valence-corrected chi connectivity index (χ3v) is 7.72. The van der Waals surface area contributed by atoms with Crippen molar-refractivity contribution >= 4 is 29.0 Å². The molecule has 0 unspecified atom stereocenters. The van der Waals surface area contributed by atoms with Gasteiger partial charge in [-0.3, -0.25) is 9.59 Å². The van der Waals surface area contributed by atoms with E-state index in [9.17, 15) is 9.59 Å². The van der Waals surface area contributed by atoms with Gasteiger partial charge in [0.2, 0.25) is 6.79 Å². The Labute approximate surface area is 257 Å². The molecule has 0 saturated carbocycles. The van der Waals surface area contributed by atoms with Crippen LogP contribution in [-0.2, 0) is 6.54 Å². The predicted octanol–water partition coefficient (Wildman–Crippen LogP) is 2.67. The second kappa shape index (κ2) is 15.4. The van der Waals surface area contributed by atoms with Gasteiger partial charge in [-0.05, 0) is 95.8 Å². The lowest BCUT2D eigenvalue weighted by atomic mass is 10.0. The largest absolute Gasteiger partial charge is 0.493 e. The molecule has 0 spiro atoms. The Morgan fingerprint density at radius 2 is 1.30 bits per heavy atom. The van der Waals surface area contributed by atoms with E-state index in [1.165, 1.54) is 14.2 Å². The van der Waals surface area contributed by atoms with E-state index in [1.807, 2.05) is 6.07 Å². The Bertz CT molecular complexity index is 1490. The molecule has 2 aromatic carbocycles. The van der Waals surface area contributed by atoms with E-state index < -0.39 is 0 Å². The van der Waals surface area contributed by atoms with Crippen molar-refractivity contribution in [2.75, 3.05) is 66.8 Å². The van der Waals surface area contributed by atoms with E-state index in [0.29, 0.717) is 62.7 Å². The molecule has 3 aromatic rings. The molecule has 12 heteroatoms. The molecule has 0 saturated heterocycles. The molecule has 2 heterocycles. The van der Waals surface area contributed by atoms with Crippen molar-refractivity contribution in [3.8, 4) is 34.3 Å². The SMILES string of the molecule is COc1cc2c3c(n(CCCNCCCNCCCNCCCN)c(=O)c2cc1OC)-c1cc2c(cc1C3=O)OCO2.Cl. The highest BCUT2D eigenvalue weighted by molar-refractivity contribution is 6.27. The number of nitrogens with zero attached hydrogens (tertiary/aromatic N) is 1. The van der Waals surface area contributed by atoms with Gasteiger partial charge in [0.05, 0.1) is 30.9 Å². The van der Waals surface area contributed by atoms with E-state index in [0.717, 1.165) is 71.5 Å². The standard InChI is InChI=1S/C31H41N5O6.ClH/c1-39-24-15-20-23(18-25(24)40-2)31(38)36(14-6-13-35-12-5-11-34-10-4-9-33-8-3-7-32)29-21-16-26-27(42-19-41-26)17-22(21)30(37)28(20)29;/h15-18,33-35H,3-14,19,32H2,1-2H3;1H. The van der Waals surface area contributed by atoms with E-state index in [-0.39, 0.29) is 30.5 Å². The van der Waals surface area contributed by atoms with Crippen LogP contribution in [0.15, 0.2) is 29.1 Å². The van der Waals surface area contributed by atoms with Gasteiger partial charge in [0.25, 0.3) is 5.56 Å². The van der Waals surface area contributed by atoms with Gasteiger partial charge < -0.3 is 45.2 Å². The zero-order chi connectivity index (χ0) is 29.5. The van der Waals surface area contributed by atoms with E-state index >= 15 is 0 Å². The molecule has 0 bridgehead atoms. The lowest BCUT2D eigenvalue weighted by molar-refractivity contribution is 0.104. The Kier molecular flexibility index (Phi) is 11.7. The van der Waals surface area contributed by atoms with E-state index in [2.05, 4.69) is 16.0 Å². The number of rotatable bonds is 17. The van der Waals surface area contributed by atoms with Gasteiger partial charge in [0, 0.05) is 23.1 Å². The lowest BCUT2D eigenvalue weighted by Gasteiger charge is -2.17. The molecular weight excluding hydrogens is 574 g/mol. The lowest BCUT2D eigenvalue weighted by Crippen LogP contribution is -2.27. The van der Waals surface area contributed by atoms with Gasteiger partial charge in [-0.1, -0.05) is 0 Å². The zero-order valence-electron chi connectivity index (χ0n) is 24.9. The van der Waals surface area contributed by atoms with Gasteiger partial charge in [0.15, 0.2) is 28.8 Å². The molecule has 5 N–H and O–H groups in total. The number of benzene rings is 2. The summed E-state index contributed by atoms with van der Waals surface area (Å²) in [5, 5.41) is 11.3. The minimum Gasteiger partial charge on any atom is -0.493 e. The number of fused-ring (bicyclic) bond motifs is 6. The first-order chi connectivity index (χ1) is 20.6. The minimum atomic E-state index is -0.176. The molecule has 43 heavy (non-hydrogen) atoms. The number of aromatic nitrogens is 1. The molecule has 0 amide bonds. The monoisotopic (exact) mass is 615 g/mol. The summed E-state index contributed by atoms with van der Waals surface area (Å²) >= 11 is 0. The van der Waals surface area contributed by atoms with Crippen LogP contribution in [0.4, 0.5) is 0 Å². The zero-order valence-corrected chi connectivity index (χ0v) is 25.7. The van der Waals surface area contributed by atoms with Crippen LogP contribution in [0.2, 0.25) is 0 Å². The van der Waals surface area contributed by atoms with Crippen molar-refractivity contribution in [3.05, 3.63) is 45.7 Å². The number of ether oxygens (including phenoxy) is 4. The van der Waals surface area contributed by atoms with E-state index in [1.54, 1.807) is 22.8 Å². The number of pyridine rings is 1. The summed E-state index contributed by atoms with van der Waals surface area (Å²) in [5.74, 6) is 1.85.